The van der Waals surface area contributed by atoms with Crippen molar-refractivity contribution in [3.05, 3.63) is 125 Å². The Labute approximate surface area is 302 Å². The highest BCUT2D eigenvalue weighted by atomic mass is 16.3. The van der Waals surface area contributed by atoms with Crippen LogP contribution in [0.5, 0.6) is 0 Å². The molecule has 5 aromatic carbocycles. The Kier molecular flexibility index (Phi) is 6.60. The number of hydrogen-bond acceptors (Lipinski definition) is 2. The quantitative estimate of drug-likeness (QED) is 0.182. The molecule has 2 nitrogen and oxygen atoms in total. The average Bonchev–Trinajstić information content (AvgIpc) is 3.64. The molecule has 0 atom stereocenters. The number of furan rings is 1. The van der Waals surface area contributed by atoms with Crippen LogP contribution in [-0.2, 0) is 10.8 Å². The summed E-state index contributed by atoms with van der Waals surface area (Å²) in [4.78, 5) is 2.52. The van der Waals surface area contributed by atoms with Gasteiger partial charge in [-0.15, -0.1) is 0 Å². The second-order valence-electron chi connectivity index (χ2n) is 17.8. The molecule has 0 amide bonds. The summed E-state index contributed by atoms with van der Waals surface area (Å²) in [5.74, 6) is 3.56. The largest absolute Gasteiger partial charge is 0.456 e. The lowest BCUT2D eigenvalue weighted by molar-refractivity contribution is -0.00518. The first-order valence-electron chi connectivity index (χ1n) is 20.0. The predicted molar refractivity (Wildman–Crippen MR) is 212 cm³/mol. The number of para-hydroxylation sites is 1. The fraction of sp³-hybridized carbons (Fsp3) is 0.388. The summed E-state index contributed by atoms with van der Waals surface area (Å²) < 4.78 is 6.63. The van der Waals surface area contributed by atoms with Crippen molar-refractivity contribution in [1.29, 1.82) is 0 Å². The van der Waals surface area contributed by atoms with E-state index in [9.17, 15) is 0 Å². The SMILES string of the molecule is CC1(C)c2cc(N(c3ccc(C4CCCCC4)cc3)c3ccc(C45CC6CC(CC(C6)C4)C5)cc3)ccc2-c2ccc3c(oc4ccccc43)c21. The molecular weight excluding hydrogens is 619 g/mol. The molecule has 0 spiro atoms. The highest BCUT2D eigenvalue weighted by Gasteiger charge is 2.51. The van der Waals surface area contributed by atoms with Crippen molar-refractivity contribution in [1.82, 2.24) is 0 Å². The third-order valence-electron chi connectivity index (χ3n) is 14.4. The molecule has 51 heavy (non-hydrogen) atoms. The molecule has 0 unspecified atom stereocenters. The van der Waals surface area contributed by atoms with Gasteiger partial charge in [-0.1, -0.05) is 87.7 Å². The van der Waals surface area contributed by atoms with E-state index in [1.165, 1.54) is 126 Å². The zero-order chi connectivity index (χ0) is 33.9. The van der Waals surface area contributed by atoms with E-state index >= 15 is 0 Å². The molecule has 5 saturated carbocycles. The van der Waals surface area contributed by atoms with Crippen LogP contribution in [0.25, 0.3) is 33.1 Å². The Morgan fingerprint density at radius 1 is 0.608 bits per heavy atom. The Balaban J connectivity index is 1.01. The molecule has 0 saturated heterocycles. The number of fused-ring (bicyclic) bond motifs is 7. The summed E-state index contributed by atoms with van der Waals surface area (Å²) in [7, 11) is 0. The van der Waals surface area contributed by atoms with Crippen molar-refractivity contribution in [2.45, 2.75) is 101 Å². The zero-order valence-corrected chi connectivity index (χ0v) is 30.3. The maximum Gasteiger partial charge on any atom is 0.140 e. The van der Waals surface area contributed by atoms with Gasteiger partial charge in [-0.3, -0.25) is 0 Å². The van der Waals surface area contributed by atoms with E-state index in [1.807, 2.05) is 0 Å². The molecule has 1 heterocycles. The lowest BCUT2D eigenvalue weighted by Gasteiger charge is -2.57. The van der Waals surface area contributed by atoms with Gasteiger partial charge in [0.25, 0.3) is 0 Å². The van der Waals surface area contributed by atoms with Crippen molar-refractivity contribution in [2.75, 3.05) is 4.90 Å². The lowest BCUT2D eigenvalue weighted by Crippen LogP contribution is -2.48. The minimum atomic E-state index is -0.201. The number of hydrogen-bond donors (Lipinski definition) is 0. The average molecular weight is 668 g/mol. The second-order valence-corrected chi connectivity index (χ2v) is 17.8. The van der Waals surface area contributed by atoms with Gasteiger partial charge in [0.1, 0.15) is 11.2 Å². The van der Waals surface area contributed by atoms with Gasteiger partial charge < -0.3 is 9.32 Å². The van der Waals surface area contributed by atoms with Crippen LogP contribution in [-0.4, -0.2) is 0 Å². The van der Waals surface area contributed by atoms with E-state index in [-0.39, 0.29) is 5.41 Å². The van der Waals surface area contributed by atoms with E-state index in [0.717, 1.165) is 28.9 Å². The monoisotopic (exact) mass is 667 g/mol. The van der Waals surface area contributed by atoms with E-state index in [0.29, 0.717) is 11.3 Å². The third kappa shape index (κ3) is 4.60. The molecule has 2 heteroatoms. The summed E-state index contributed by atoms with van der Waals surface area (Å²) >= 11 is 0. The van der Waals surface area contributed by atoms with Crippen molar-refractivity contribution in [3.63, 3.8) is 0 Å². The zero-order valence-electron chi connectivity index (χ0n) is 30.3. The van der Waals surface area contributed by atoms with Crippen molar-refractivity contribution in [2.24, 2.45) is 17.8 Å². The van der Waals surface area contributed by atoms with E-state index in [2.05, 4.69) is 122 Å². The van der Waals surface area contributed by atoms with Gasteiger partial charge in [-0.2, -0.15) is 0 Å². The minimum absolute atomic E-state index is 0.201. The summed E-state index contributed by atoms with van der Waals surface area (Å²) in [6, 6.07) is 39.8. The van der Waals surface area contributed by atoms with Crippen LogP contribution in [0.3, 0.4) is 0 Å². The molecule has 4 bridgehead atoms. The Morgan fingerprint density at radius 3 is 1.94 bits per heavy atom. The van der Waals surface area contributed by atoms with Crippen LogP contribution in [0, 0.1) is 17.8 Å². The van der Waals surface area contributed by atoms with Crippen LogP contribution in [0.1, 0.15) is 113 Å². The molecule has 6 aromatic rings. The fourth-order valence-electron chi connectivity index (χ4n) is 12.4. The normalized spacial score (nSPS) is 26.1. The van der Waals surface area contributed by atoms with Crippen molar-refractivity contribution < 1.29 is 4.42 Å². The van der Waals surface area contributed by atoms with Gasteiger partial charge >= 0.3 is 0 Å². The molecular formula is C49H49NO. The van der Waals surface area contributed by atoms with Crippen LogP contribution in [0.2, 0.25) is 0 Å². The predicted octanol–water partition coefficient (Wildman–Crippen LogP) is 13.9. The topological polar surface area (TPSA) is 16.4 Å². The standard InChI is InChI=1S/C49H49NO/c1-48(2)44-27-39(20-21-40(44)42-22-23-43-41-10-6-7-11-45(41)51-47(43)46(42)48)50(37-16-12-35(13-17-37)34-8-4-3-5-9-34)38-18-14-36(15-19-38)49-28-31-24-32(29-49)26-33(25-31)30-49/h6-7,10-23,27,31-34H,3-5,8-9,24-26,28-30H2,1-2H3. The van der Waals surface area contributed by atoms with Crippen LogP contribution in [0.4, 0.5) is 17.1 Å². The van der Waals surface area contributed by atoms with E-state index in [4.69, 9.17) is 4.42 Å². The maximum atomic E-state index is 6.63. The number of benzene rings is 5. The second kappa shape index (κ2) is 11.1. The molecule has 12 rings (SSSR count). The highest BCUT2D eigenvalue weighted by molar-refractivity contribution is 6.09. The summed E-state index contributed by atoms with van der Waals surface area (Å²) in [5, 5.41) is 2.41. The summed E-state index contributed by atoms with van der Waals surface area (Å²) in [5.41, 5.74) is 14.3. The van der Waals surface area contributed by atoms with E-state index in [1.54, 1.807) is 5.56 Å². The highest BCUT2D eigenvalue weighted by Crippen LogP contribution is 2.61. The van der Waals surface area contributed by atoms with Gasteiger partial charge in [0, 0.05) is 38.8 Å². The third-order valence-corrected chi connectivity index (χ3v) is 14.4. The molecule has 0 aliphatic heterocycles. The Morgan fingerprint density at radius 2 is 1.24 bits per heavy atom. The first-order chi connectivity index (χ1) is 24.9. The molecule has 0 N–H and O–H groups in total. The Bertz CT molecular complexity index is 2260. The van der Waals surface area contributed by atoms with Gasteiger partial charge in [0.15, 0.2) is 0 Å². The Hall–Kier alpha value is -4.30. The molecule has 1 aromatic heterocycles. The number of rotatable bonds is 5. The molecule has 6 aliphatic carbocycles. The summed E-state index contributed by atoms with van der Waals surface area (Å²) in [6.07, 6.45) is 15.5. The van der Waals surface area contributed by atoms with Gasteiger partial charge in [0.2, 0.25) is 0 Å². The summed E-state index contributed by atoms with van der Waals surface area (Å²) in [6.45, 7) is 4.77. The number of nitrogens with zero attached hydrogens (tertiary/aromatic N) is 1. The van der Waals surface area contributed by atoms with E-state index < -0.39 is 0 Å². The molecule has 5 fully saturated rings. The molecule has 0 radical (unpaired) electrons. The molecule has 6 aliphatic rings. The van der Waals surface area contributed by atoms with Crippen LogP contribution < -0.4 is 4.90 Å². The van der Waals surface area contributed by atoms with Crippen LogP contribution >= 0.6 is 0 Å². The van der Waals surface area contributed by atoms with Gasteiger partial charge in [0.05, 0.1) is 0 Å². The van der Waals surface area contributed by atoms with Gasteiger partial charge in [-0.25, -0.2) is 0 Å². The first-order valence-corrected chi connectivity index (χ1v) is 20.0. The van der Waals surface area contributed by atoms with Crippen LogP contribution in [0.15, 0.2) is 108 Å². The number of anilines is 3. The minimum Gasteiger partial charge on any atom is -0.456 e. The van der Waals surface area contributed by atoms with Crippen molar-refractivity contribution >= 4 is 39.0 Å². The molecule has 256 valence electrons. The smallest absolute Gasteiger partial charge is 0.140 e. The fourth-order valence-corrected chi connectivity index (χ4v) is 12.4. The first kappa shape index (κ1) is 30.3. The van der Waals surface area contributed by atoms with Gasteiger partial charge in [-0.05, 0) is 157 Å². The van der Waals surface area contributed by atoms with Crippen molar-refractivity contribution in [3.8, 4) is 11.1 Å². The lowest BCUT2D eigenvalue weighted by atomic mass is 9.48. The maximum absolute atomic E-state index is 6.63.